The van der Waals surface area contributed by atoms with Crippen LogP contribution in [0.25, 0.3) is 0 Å². The number of aliphatic hydroxyl groups is 1. The maximum Gasteiger partial charge on any atom is 0.134 e. The molecule has 1 atom stereocenters. The molecule has 0 fully saturated rings. The highest BCUT2D eigenvalue weighted by molar-refractivity contribution is 5.58. The second kappa shape index (κ2) is 9.55. The number of hydrogen-bond acceptors (Lipinski definition) is 5. The molecule has 1 heterocycles. The zero-order valence-corrected chi connectivity index (χ0v) is 13.8. The van der Waals surface area contributed by atoms with Crippen molar-refractivity contribution in [1.82, 2.24) is 9.97 Å². The Balaban J connectivity index is 2.83. The summed E-state index contributed by atoms with van der Waals surface area (Å²) in [6, 6.07) is 0. The second-order valence-electron chi connectivity index (χ2n) is 5.72. The molecule has 1 rings (SSSR count). The second-order valence-corrected chi connectivity index (χ2v) is 5.72. The fraction of sp³-hybridized carbons (Fsp3) is 0.750. The van der Waals surface area contributed by atoms with Gasteiger partial charge in [0, 0.05) is 25.3 Å². The van der Waals surface area contributed by atoms with Crippen LogP contribution in [0.3, 0.4) is 0 Å². The van der Waals surface area contributed by atoms with Crippen LogP contribution >= 0.6 is 0 Å². The molecular weight excluding hydrogens is 264 g/mol. The van der Waals surface area contributed by atoms with E-state index >= 15 is 0 Å². The third-order valence-corrected chi connectivity index (χ3v) is 3.60. The van der Waals surface area contributed by atoms with E-state index in [0.717, 1.165) is 49.6 Å². The summed E-state index contributed by atoms with van der Waals surface area (Å²) in [5.74, 6) is 2.66. The Morgan fingerprint density at radius 1 is 1.10 bits per heavy atom. The highest BCUT2D eigenvalue weighted by atomic mass is 16.3. The first-order valence-corrected chi connectivity index (χ1v) is 8.07. The summed E-state index contributed by atoms with van der Waals surface area (Å²) >= 11 is 0. The maximum atomic E-state index is 9.15. The summed E-state index contributed by atoms with van der Waals surface area (Å²) in [6.45, 7) is 10.5. The highest BCUT2D eigenvalue weighted by Crippen LogP contribution is 2.28. The fourth-order valence-electron chi connectivity index (χ4n) is 2.57. The van der Waals surface area contributed by atoms with E-state index in [4.69, 9.17) is 5.11 Å². The van der Waals surface area contributed by atoms with E-state index in [0.29, 0.717) is 11.8 Å². The van der Waals surface area contributed by atoms with Crippen LogP contribution in [0.1, 0.15) is 58.4 Å². The molecule has 0 aromatic carbocycles. The quantitative estimate of drug-likeness (QED) is 0.618. The number of rotatable bonds is 10. The minimum absolute atomic E-state index is 0.246. The average molecular weight is 294 g/mol. The van der Waals surface area contributed by atoms with E-state index < -0.39 is 0 Å². The number of aromatic nitrogens is 2. The lowest BCUT2D eigenvalue weighted by molar-refractivity contribution is 0.255. The van der Waals surface area contributed by atoms with Gasteiger partial charge >= 0.3 is 0 Å². The van der Waals surface area contributed by atoms with E-state index in [2.05, 4.69) is 48.3 Å². The van der Waals surface area contributed by atoms with E-state index in [1.165, 1.54) is 0 Å². The molecule has 0 radical (unpaired) electrons. The standard InChI is InChI=1S/C16H30N4O/c1-5-7-13(8-9-21)10-18-16-14(12(3)4)15(17-6-2)19-11-20-16/h11-13,21H,5-10H2,1-4H3,(H2,17,18,19,20). The van der Waals surface area contributed by atoms with Crippen molar-refractivity contribution in [3.05, 3.63) is 11.9 Å². The summed E-state index contributed by atoms with van der Waals surface area (Å²) in [5.41, 5.74) is 1.14. The van der Waals surface area contributed by atoms with Gasteiger partial charge in [-0.05, 0) is 31.6 Å². The molecule has 0 bridgehead atoms. The van der Waals surface area contributed by atoms with Gasteiger partial charge < -0.3 is 15.7 Å². The predicted molar refractivity (Wildman–Crippen MR) is 88.9 cm³/mol. The molecule has 0 aliphatic rings. The van der Waals surface area contributed by atoms with E-state index in [1.54, 1.807) is 6.33 Å². The van der Waals surface area contributed by atoms with Crippen molar-refractivity contribution in [2.75, 3.05) is 30.3 Å². The smallest absolute Gasteiger partial charge is 0.134 e. The first kappa shape index (κ1) is 17.7. The predicted octanol–water partition coefficient (Wildman–Crippen LogP) is 3.24. The van der Waals surface area contributed by atoms with Gasteiger partial charge in [0.15, 0.2) is 0 Å². The van der Waals surface area contributed by atoms with Gasteiger partial charge in [-0.25, -0.2) is 9.97 Å². The number of aliphatic hydroxyl groups excluding tert-OH is 1. The Bertz CT molecular complexity index is 403. The molecule has 5 nitrogen and oxygen atoms in total. The average Bonchev–Trinajstić information content (AvgIpc) is 2.45. The van der Waals surface area contributed by atoms with Crippen LogP contribution in [0.2, 0.25) is 0 Å². The van der Waals surface area contributed by atoms with E-state index in [9.17, 15) is 0 Å². The minimum atomic E-state index is 0.246. The molecule has 1 aromatic heterocycles. The van der Waals surface area contributed by atoms with Gasteiger partial charge in [0.05, 0.1) is 0 Å². The SMILES string of the molecule is CCCC(CCO)CNc1ncnc(NCC)c1C(C)C. The Kier molecular flexibility index (Phi) is 8.05. The first-order valence-electron chi connectivity index (χ1n) is 8.07. The fourth-order valence-corrected chi connectivity index (χ4v) is 2.57. The molecule has 120 valence electrons. The van der Waals surface area contributed by atoms with Gasteiger partial charge in [0.25, 0.3) is 0 Å². The molecule has 1 aromatic rings. The van der Waals surface area contributed by atoms with Gasteiger partial charge in [0.2, 0.25) is 0 Å². The van der Waals surface area contributed by atoms with Crippen molar-refractivity contribution >= 4 is 11.6 Å². The third kappa shape index (κ3) is 5.50. The van der Waals surface area contributed by atoms with Gasteiger partial charge in [0.1, 0.15) is 18.0 Å². The van der Waals surface area contributed by atoms with E-state index in [1.807, 2.05) is 0 Å². The summed E-state index contributed by atoms with van der Waals surface area (Å²) in [5, 5.41) is 15.9. The van der Waals surface area contributed by atoms with Crippen molar-refractivity contribution in [3.8, 4) is 0 Å². The lowest BCUT2D eigenvalue weighted by Crippen LogP contribution is -2.18. The van der Waals surface area contributed by atoms with Crippen molar-refractivity contribution in [2.24, 2.45) is 5.92 Å². The Hall–Kier alpha value is -1.36. The lowest BCUT2D eigenvalue weighted by Gasteiger charge is -2.20. The van der Waals surface area contributed by atoms with Crippen LogP contribution in [0.4, 0.5) is 11.6 Å². The summed E-state index contributed by atoms with van der Waals surface area (Å²) in [4.78, 5) is 8.76. The molecule has 3 N–H and O–H groups in total. The van der Waals surface area contributed by atoms with Crippen molar-refractivity contribution in [2.45, 2.75) is 52.9 Å². The van der Waals surface area contributed by atoms with Gasteiger partial charge in [-0.3, -0.25) is 0 Å². The Morgan fingerprint density at radius 3 is 2.29 bits per heavy atom. The number of nitrogens with zero attached hydrogens (tertiary/aromatic N) is 2. The molecule has 1 unspecified atom stereocenters. The normalized spacial score (nSPS) is 12.5. The van der Waals surface area contributed by atoms with Crippen LogP contribution < -0.4 is 10.6 Å². The van der Waals surface area contributed by atoms with Gasteiger partial charge in [-0.15, -0.1) is 0 Å². The molecule has 0 saturated carbocycles. The molecule has 0 amide bonds. The van der Waals surface area contributed by atoms with Crippen molar-refractivity contribution < 1.29 is 5.11 Å². The molecule has 21 heavy (non-hydrogen) atoms. The van der Waals surface area contributed by atoms with Crippen LogP contribution in [0.15, 0.2) is 6.33 Å². The lowest BCUT2D eigenvalue weighted by atomic mass is 9.99. The van der Waals surface area contributed by atoms with Crippen LogP contribution in [0, 0.1) is 5.92 Å². The largest absolute Gasteiger partial charge is 0.396 e. The molecule has 0 spiro atoms. The van der Waals surface area contributed by atoms with Crippen LogP contribution in [-0.2, 0) is 0 Å². The topological polar surface area (TPSA) is 70.1 Å². The monoisotopic (exact) mass is 294 g/mol. The molecule has 0 saturated heterocycles. The summed E-state index contributed by atoms with van der Waals surface area (Å²) in [6.07, 6.45) is 4.70. The maximum absolute atomic E-state index is 9.15. The molecular formula is C16H30N4O. The number of anilines is 2. The van der Waals surface area contributed by atoms with Crippen LogP contribution in [-0.4, -0.2) is 34.8 Å². The van der Waals surface area contributed by atoms with Crippen molar-refractivity contribution in [3.63, 3.8) is 0 Å². The minimum Gasteiger partial charge on any atom is -0.396 e. The van der Waals surface area contributed by atoms with Crippen LogP contribution in [0.5, 0.6) is 0 Å². The Morgan fingerprint density at radius 2 is 1.76 bits per heavy atom. The number of nitrogens with one attached hydrogen (secondary N) is 2. The molecule has 0 aliphatic heterocycles. The van der Waals surface area contributed by atoms with Crippen molar-refractivity contribution in [1.29, 1.82) is 0 Å². The van der Waals surface area contributed by atoms with Gasteiger partial charge in [-0.2, -0.15) is 0 Å². The third-order valence-electron chi connectivity index (χ3n) is 3.60. The Labute approximate surface area is 128 Å². The zero-order chi connectivity index (χ0) is 15.7. The first-order chi connectivity index (χ1) is 10.1. The highest BCUT2D eigenvalue weighted by Gasteiger charge is 2.15. The molecule has 0 aliphatic carbocycles. The molecule has 5 heteroatoms. The number of hydrogen-bond donors (Lipinski definition) is 3. The van der Waals surface area contributed by atoms with Gasteiger partial charge in [-0.1, -0.05) is 27.2 Å². The van der Waals surface area contributed by atoms with E-state index in [-0.39, 0.29) is 6.61 Å². The summed E-state index contributed by atoms with van der Waals surface area (Å²) in [7, 11) is 0. The zero-order valence-electron chi connectivity index (χ0n) is 13.8. The summed E-state index contributed by atoms with van der Waals surface area (Å²) < 4.78 is 0.